The van der Waals surface area contributed by atoms with Gasteiger partial charge < -0.3 is 4.90 Å². The Kier molecular flexibility index (Phi) is 7.33. The molecule has 0 saturated carbocycles. The molecular weight excluding hydrogens is 374 g/mol. The smallest absolute Gasteiger partial charge is 0.267 e. The zero-order chi connectivity index (χ0) is 19.2. The predicted molar refractivity (Wildman–Crippen MR) is 120 cm³/mol. The highest BCUT2D eigenvalue weighted by molar-refractivity contribution is 8.26. The van der Waals surface area contributed by atoms with E-state index in [0.29, 0.717) is 11.0 Å². The van der Waals surface area contributed by atoms with Gasteiger partial charge in [0.2, 0.25) is 0 Å². The number of hydrogen-bond donors (Lipinski definition) is 0. The first-order chi connectivity index (χ1) is 13.1. The molecule has 0 unspecified atom stereocenters. The number of anilines is 1. The number of carbonyl (C=O) groups is 1. The van der Waals surface area contributed by atoms with Crippen molar-refractivity contribution in [2.45, 2.75) is 39.5 Å². The Bertz CT molecular complexity index is 690. The molecule has 2 heterocycles. The van der Waals surface area contributed by atoms with Crippen molar-refractivity contribution in [3.63, 3.8) is 0 Å². The predicted octanol–water partition coefficient (Wildman–Crippen LogP) is 4.57. The minimum absolute atomic E-state index is 0.0436. The number of likely N-dealkylation sites (tertiary alicyclic amines) is 1. The van der Waals surface area contributed by atoms with Gasteiger partial charge in [-0.15, -0.1) is 0 Å². The fourth-order valence-corrected chi connectivity index (χ4v) is 4.86. The van der Waals surface area contributed by atoms with Gasteiger partial charge in [0.25, 0.3) is 5.91 Å². The molecule has 4 nitrogen and oxygen atoms in total. The lowest BCUT2D eigenvalue weighted by Gasteiger charge is -2.25. The molecule has 3 rings (SSSR count). The molecule has 2 saturated heterocycles. The number of nitrogens with zero attached hydrogens (tertiary/aromatic N) is 3. The lowest BCUT2D eigenvalue weighted by molar-refractivity contribution is -0.123. The molecule has 2 fully saturated rings. The summed E-state index contributed by atoms with van der Waals surface area (Å²) in [5, 5.41) is 0. The van der Waals surface area contributed by atoms with E-state index in [4.69, 9.17) is 12.2 Å². The van der Waals surface area contributed by atoms with Crippen LogP contribution < -0.4 is 4.90 Å². The summed E-state index contributed by atoms with van der Waals surface area (Å²) >= 11 is 6.92. The monoisotopic (exact) mass is 403 g/mol. The van der Waals surface area contributed by atoms with Crippen molar-refractivity contribution in [2.75, 3.05) is 37.7 Å². The summed E-state index contributed by atoms with van der Waals surface area (Å²) in [6.45, 7) is 9.05. The van der Waals surface area contributed by atoms with Crippen molar-refractivity contribution >= 4 is 46.0 Å². The van der Waals surface area contributed by atoms with Gasteiger partial charge in [0.15, 0.2) is 0 Å². The Hall–Kier alpha value is -1.37. The number of amides is 1. The maximum Gasteiger partial charge on any atom is 0.267 e. The summed E-state index contributed by atoms with van der Waals surface area (Å²) in [6, 6.07) is 8.40. The van der Waals surface area contributed by atoms with Crippen LogP contribution in [-0.4, -0.2) is 52.9 Å². The maximum absolute atomic E-state index is 12.9. The highest BCUT2D eigenvalue weighted by Crippen LogP contribution is 2.33. The van der Waals surface area contributed by atoms with Crippen LogP contribution in [0.5, 0.6) is 0 Å². The van der Waals surface area contributed by atoms with Crippen LogP contribution >= 0.6 is 24.0 Å². The van der Waals surface area contributed by atoms with Crippen molar-refractivity contribution in [1.29, 1.82) is 0 Å². The van der Waals surface area contributed by atoms with Gasteiger partial charge in [0, 0.05) is 18.8 Å². The van der Waals surface area contributed by atoms with Crippen molar-refractivity contribution < 1.29 is 4.79 Å². The van der Waals surface area contributed by atoms with Gasteiger partial charge in [-0.1, -0.05) is 49.0 Å². The van der Waals surface area contributed by atoms with Crippen LogP contribution in [0.2, 0.25) is 0 Å². The van der Waals surface area contributed by atoms with Crippen LogP contribution in [0, 0.1) is 0 Å². The van der Waals surface area contributed by atoms with E-state index in [0.717, 1.165) is 36.6 Å². The third kappa shape index (κ3) is 5.12. The Labute approximate surface area is 172 Å². The molecule has 1 aromatic rings. The van der Waals surface area contributed by atoms with Crippen LogP contribution in [0.1, 0.15) is 45.1 Å². The van der Waals surface area contributed by atoms with Gasteiger partial charge in [0.05, 0.1) is 11.6 Å². The normalized spacial score (nSPS) is 20.4. The second-order valence-corrected chi connectivity index (χ2v) is 8.72. The van der Waals surface area contributed by atoms with Gasteiger partial charge in [0.1, 0.15) is 4.32 Å². The molecule has 6 heteroatoms. The van der Waals surface area contributed by atoms with E-state index in [1.807, 2.05) is 6.08 Å². The third-order valence-electron chi connectivity index (χ3n) is 5.23. The Morgan fingerprint density at radius 3 is 2.30 bits per heavy atom. The van der Waals surface area contributed by atoms with Crippen LogP contribution in [-0.2, 0) is 4.79 Å². The fraction of sp³-hybridized carbons (Fsp3) is 0.524. The van der Waals surface area contributed by atoms with E-state index in [1.54, 1.807) is 4.90 Å². The minimum atomic E-state index is 0.0436. The second kappa shape index (κ2) is 9.71. The zero-order valence-corrected chi connectivity index (χ0v) is 18.0. The zero-order valence-electron chi connectivity index (χ0n) is 16.3. The van der Waals surface area contributed by atoms with E-state index in [-0.39, 0.29) is 5.91 Å². The summed E-state index contributed by atoms with van der Waals surface area (Å²) in [5.74, 6) is 0.0436. The van der Waals surface area contributed by atoms with Crippen LogP contribution in [0.3, 0.4) is 0 Å². The van der Waals surface area contributed by atoms with Crippen molar-refractivity contribution in [3.8, 4) is 0 Å². The quantitative estimate of drug-likeness (QED) is 0.512. The van der Waals surface area contributed by atoms with Crippen molar-refractivity contribution in [3.05, 3.63) is 34.7 Å². The summed E-state index contributed by atoms with van der Waals surface area (Å²) in [5.41, 5.74) is 2.26. The molecule has 0 aliphatic carbocycles. The number of carbonyl (C=O) groups excluding carboxylic acids is 1. The average Bonchev–Trinajstić information content (AvgIpc) is 2.86. The lowest BCUT2D eigenvalue weighted by atomic mass is 10.1. The highest BCUT2D eigenvalue weighted by Gasteiger charge is 2.33. The minimum Gasteiger partial charge on any atom is -0.372 e. The van der Waals surface area contributed by atoms with E-state index < -0.39 is 0 Å². The summed E-state index contributed by atoms with van der Waals surface area (Å²) in [7, 11) is 0. The Morgan fingerprint density at radius 2 is 1.70 bits per heavy atom. The van der Waals surface area contributed by atoms with Gasteiger partial charge in [-0.25, -0.2) is 0 Å². The topological polar surface area (TPSA) is 26.8 Å². The molecule has 1 aromatic carbocycles. The number of thioether (sulfide) groups is 1. The Morgan fingerprint density at radius 1 is 1.07 bits per heavy atom. The second-order valence-electron chi connectivity index (χ2n) is 7.05. The number of benzene rings is 1. The first kappa shape index (κ1) is 20.4. The van der Waals surface area contributed by atoms with Gasteiger partial charge in [-0.05, 0) is 63.6 Å². The maximum atomic E-state index is 12.9. The summed E-state index contributed by atoms with van der Waals surface area (Å²) in [4.78, 5) is 20.0. The standard InChI is InChI=1S/C21H29N3OS2/c1-3-23(4-2)18-11-9-17(10-12-18)15-19-20(25)24(21(26)27-19)16-22-13-7-5-6-8-14-22/h9-12,15H,3-8,13-14,16H2,1-2H3/b19-15+. The molecule has 2 aliphatic heterocycles. The van der Waals surface area contributed by atoms with Crippen molar-refractivity contribution in [2.24, 2.45) is 0 Å². The molecule has 0 bridgehead atoms. The molecule has 1 amide bonds. The molecule has 0 spiro atoms. The van der Waals surface area contributed by atoms with Gasteiger partial charge >= 0.3 is 0 Å². The molecule has 146 valence electrons. The first-order valence-electron chi connectivity index (χ1n) is 9.95. The van der Waals surface area contributed by atoms with E-state index in [2.05, 4.69) is 47.9 Å². The number of hydrogen-bond acceptors (Lipinski definition) is 5. The van der Waals surface area contributed by atoms with Crippen molar-refractivity contribution in [1.82, 2.24) is 9.80 Å². The fourth-order valence-electron chi connectivity index (χ4n) is 3.62. The molecule has 0 atom stereocenters. The molecule has 27 heavy (non-hydrogen) atoms. The molecule has 0 N–H and O–H groups in total. The summed E-state index contributed by atoms with van der Waals surface area (Å²) in [6.07, 6.45) is 6.97. The van der Waals surface area contributed by atoms with Crippen LogP contribution in [0.4, 0.5) is 5.69 Å². The van der Waals surface area contributed by atoms with Crippen LogP contribution in [0.25, 0.3) is 6.08 Å². The summed E-state index contributed by atoms with van der Waals surface area (Å²) < 4.78 is 0.676. The molecule has 2 aliphatic rings. The highest BCUT2D eigenvalue weighted by atomic mass is 32.2. The molecule has 0 aromatic heterocycles. The first-order valence-corrected chi connectivity index (χ1v) is 11.2. The Balaban J connectivity index is 1.68. The average molecular weight is 404 g/mol. The third-order valence-corrected chi connectivity index (χ3v) is 6.61. The van der Waals surface area contributed by atoms with E-state index in [9.17, 15) is 4.79 Å². The molecular formula is C21H29N3OS2. The lowest BCUT2D eigenvalue weighted by Crippen LogP contribution is -2.40. The SMILES string of the molecule is CCN(CC)c1ccc(/C=C2/SC(=S)N(CN3CCCCCC3)C2=O)cc1. The van der Waals surface area contributed by atoms with Gasteiger partial charge in [-0.2, -0.15) is 0 Å². The van der Waals surface area contributed by atoms with E-state index >= 15 is 0 Å². The largest absolute Gasteiger partial charge is 0.372 e. The van der Waals surface area contributed by atoms with Crippen LogP contribution in [0.15, 0.2) is 29.2 Å². The van der Waals surface area contributed by atoms with E-state index in [1.165, 1.54) is 43.1 Å². The number of rotatable bonds is 6. The van der Waals surface area contributed by atoms with Gasteiger partial charge in [-0.3, -0.25) is 14.6 Å². The number of thiocarbonyl (C=S) groups is 1. The molecule has 0 radical (unpaired) electrons.